The fourth-order valence-corrected chi connectivity index (χ4v) is 2.11. The van der Waals surface area contributed by atoms with Crippen LogP contribution in [-0.4, -0.2) is 18.6 Å². The molecule has 2 aromatic rings. The number of aromatic amines is 1. The molecule has 0 unspecified atom stereocenters. The highest BCUT2D eigenvalue weighted by molar-refractivity contribution is 7.86. The number of nitrogens with zero attached hydrogens (tertiary/aromatic N) is 1. The maximum Gasteiger partial charge on any atom is 0.349 e. The number of halogens is 3. The number of hydrogen-bond acceptors (Lipinski definition) is 3. The molecule has 1 N–H and O–H groups in total. The van der Waals surface area contributed by atoms with Gasteiger partial charge in [-0.15, -0.1) is 0 Å². The summed E-state index contributed by atoms with van der Waals surface area (Å²) in [6.07, 6.45) is 0. The van der Waals surface area contributed by atoms with Gasteiger partial charge in [-0.05, 0) is 12.1 Å². The van der Waals surface area contributed by atoms with Gasteiger partial charge in [-0.25, -0.2) is 4.39 Å². The summed E-state index contributed by atoms with van der Waals surface area (Å²) in [6, 6.07) is 2.14. The lowest BCUT2D eigenvalue weighted by molar-refractivity contribution is 0.548. The van der Waals surface area contributed by atoms with Gasteiger partial charge in [0.25, 0.3) is 0 Å². The van der Waals surface area contributed by atoms with Crippen molar-refractivity contribution in [3.8, 4) is 0 Å². The molecule has 1 aromatic heterocycles. The van der Waals surface area contributed by atoms with Crippen molar-refractivity contribution in [2.75, 3.05) is 0 Å². The molecule has 0 radical (unpaired) electrons. The van der Waals surface area contributed by atoms with Crippen LogP contribution in [0, 0.1) is 5.82 Å². The number of rotatable bonds is 1. The molecule has 0 fully saturated rings. The standard InChI is InChI=1S/C7H3ClF2N2O2S/c8-3-1-2-4(9)6-5(3)7(12-11-6)15(10,13)14/h1-2H,(H,11,12). The van der Waals surface area contributed by atoms with Crippen molar-refractivity contribution in [1.82, 2.24) is 10.2 Å². The Kier molecular flexibility index (Phi) is 2.16. The monoisotopic (exact) mass is 252 g/mol. The van der Waals surface area contributed by atoms with Gasteiger partial charge in [0.2, 0.25) is 0 Å². The lowest BCUT2D eigenvalue weighted by atomic mass is 10.2. The molecule has 80 valence electrons. The normalized spacial score (nSPS) is 12.2. The Morgan fingerprint density at radius 3 is 2.67 bits per heavy atom. The van der Waals surface area contributed by atoms with Crippen LogP contribution in [0.2, 0.25) is 5.02 Å². The molecule has 0 amide bonds. The Balaban J connectivity index is 2.98. The van der Waals surface area contributed by atoms with Crippen LogP contribution in [0.1, 0.15) is 0 Å². The van der Waals surface area contributed by atoms with Gasteiger partial charge in [0, 0.05) is 0 Å². The van der Waals surface area contributed by atoms with Gasteiger partial charge in [0.1, 0.15) is 5.52 Å². The van der Waals surface area contributed by atoms with Crippen LogP contribution in [-0.2, 0) is 10.2 Å². The van der Waals surface area contributed by atoms with Crippen LogP contribution >= 0.6 is 11.6 Å². The molecule has 4 nitrogen and oxygen atoms in total. The van der Waals surface area contributed by atoms with Crippen LogP contribution < -0.4 is 0 Å². The van der Waals surface area contributed by atoms with E-state index in [1.807, 2.05) is 5.10 Å². The SMILES string of the molecule is O=S(=O)(F)c1[nH]nc2c(F)ccc(Cl)c12. The predicted molar refractivity (Wildman–Crippen MR) is 49.4 cm³/mol. The van der Waals surface area contributed by atoms with E-state index in [9.17, 15) is 16.7 Å². The van der Waals surface area contributed by atoms with Crippen molar-refractivity contribution in [3.05, 3.63) is 23.0 Å². The zero-order valence-corrected chi connectivity index (χ0v) is 8.53. The average molecular weight is 253 g/mol. The second-order valence-corrected chi connectivity index (χ2v) is 4.43. The Hall–Kier alpha value is -1.21. The third-order valence-electron chi connectivity index (χ3n) is 1.82. The van der Waals surface area contributed by atoms with Crippen LogP contribution in [0.5, 0.6) is 0 Å². The molecule has 0 spiro atoms. The van der Waals surface area contributed by atoms with E-state index in [0.717, 1.165) is 12.1 Å². The molecule has 1 aromatic carbocycles. The Morgan fingerprint density at radius 2 is 2.07 bits per heavy atom. The molecule has 0 aliphatic rings. The molecule has 0 saturated carbocycles. The summed E-state index contributed by atoms with van der Waals surface area (Å²) in [6.45, 7) is 0. The Morgan fingerprint density at radius 1 is 1.40 bits per heavy atom. The second-order valence-electron chi connectivity index (χ2n) is 2.74. The van der Waals surface area contributed by atoms with Crippen molar-refractivity contribution in [2.45, 2.75) is 5.03 Å². The summed E-state index contributed by atoms with van der Waals surface area (Å²) in [5.41, 5.74) is -0.307. The number of benzene rings is 1. The Bertz CT molecular complexity index is 638. The smallest absolute Gasteiger partial charge is 0.264 e. The molecule has 0 saturated heterocycles. The average Bonchev–Trinajstić information content (AvgIpc) is 2.55. The number of fused-ring (bicyclic) bond motifs is 1. The van der Waals surface area contributed by atoms with Gasteiger partial charge in [-0.2, -0.15) is 13.5 Å². The molecular weight excluding hydrogens is 250 g/mol. The van der Waals surface area contributed by atoms with Gasteiger partial charge in [-0.3, -0.25) is 5.10 Å². The minimum atomic E-state index is -4.99. The largest absolute Gasteiger partial charge is 0.349 e. The van der Waals surface area contributed by atoms with Crippen molar-refractivity contribution in [3.63, 3.8) is 0 Å². The number of H-pyrrole nitrogens is 1. The van der Waals surface area contributed by atoms with Crippen LogP contribution in [0.25, 0.3) is 10.9 Å². The van der Waals surface area contributed by atoms with Gasteiger partial charge in [-0.1, -0.05) is 15.5 Å². The zero-order valence-electron chi connectivity index (χ0n) is 6.96. The maximum absolute atomic E-state index is 13.1. The van der Waals surface area contributed by atoms with E-state index in [4.69, 9.17) is 11.6 Å². The molecule has 15 heavy (non-hydrogen) atoms. The van der Waals surface area contributed by atoms with Crippen LogP contribution in [0.15, 0.2) is 17.2 Å². The highest BCUT2D eigenvalue weighted by Crippen LogP contribution is 2.30. The summed E-state index contributed by atoms with van der Waals surface area (Å²) >= 11 is 5.62. The van der Waals surface area contributed by atoms with Crippen molar-refractivity contribution >= 4 is 32.7 Å². The van der Waals surface area contributed by atoms with Crippen molar-refractivity contribution in [1.29, 1.82) is 0 Å². The van der Waals surface area contributed by atoms with E-state index in [1.165, 1.54) is 0 Å². The van der Waals surface area contributed by atoms with Crippen molar-refractivity contribution < 1.29 is 16.7 Å². The van der Waals surface area contributed by atoms with E-state index >= 15 is 0 Å². The first-order chi connectivity index (χ1) is 6.91. The van der Waals surface area contributed by atoms with E-state index < -0.39 is 21.1 Å². The molecular formula is C7H3ClF2N2O2S. The van der Waals surface area contributed by atoms with E-state index in [-0.39, 0.29) is 15.9 Å². The fraction of sp³-hybridized carbons (Fsp3) is 0. The first kappa shape index (κ1) is 10.3. The highest BCUT2D eigenvalue weighted by atomic mass is 35.5. The van der Waals surface area contributed by atoms with Crippen LogP contribution in [0.3, 0.4) is 0 Å². The third kappa shape index (κ3) is 1.57. The summed E-state index contributed by atoms with van der Waals surface area (Å²) in [7, 11) is -4.99. The first-order valence-corrected chi connectivity index (χ1v) is 5.44. The minimum absolute atomic E-state index is 0.0867. The summed E-state index contributed by atoms with van der Waals surface area (Å²) in [5.74, 6) is -0.777. The summed E-state index contributed by atoms with van der Waals surface area (Å²) in [5, 5.41) is 4.04. The van der Waals surface area contributed by atoms with Gasteiger partial charge < -0.3 is 0 Å². The third-order valence-corrected chi connectivity index (χ3v) is 2.92. The highest BCUT2D eigenvalue weighted by Gasteiger charge is 2.22. The molecule has 0 atom stereocenters. The minimum Gasteiger partial charge on any atom is -0.264 e. The first-order valence-electron chi connectivity index (χ1n) is 3.68. The number of hydrogen-bond donors (Lipinski definition) is 1. The van der Waals surface area contributed by atoms with E-state index in [2.05, 4.69) is 5.10 Å². The second kappa shape index (κ2) is 3.14. The fourth-order valence-electron chi connectivity index (χ4n) is 1.21. The maximum atomic E-state index is 13.1. The summed E-state index contributed by atoms with van der Waals surface area (Å²) < 4.78 is 47.1. The lowest BCUT2D eigenvalue weighted by Crippen LogP contribution is -1.93. The molecule has 0 bridgehead atoms. The molecule has 1 heterocycles. The molecule has 0 aliphatic heterocycles. The van der Waals surface area contributed by atoms with Crippen molar-refractivity contribution in [2.24, 2.45) is 0 Å². The van der Waals surface area contributed by atoms with Gasteiger partial charge in [0.15, 0.2) is 10.8 Å². The van der Waals surface area contributed by atoms with Gasteiger partial charge >= 0.3 is 10.2 Å². The topological polar surface area (TPSA) is 62.8 Å². The van der Waals surface area contributed by atoms with E-state index in [1.54, 1.807) is 0 Å². The number of aromatic nitrogens is 2. The van der Waals surface area contributed by atoms with Crippen LogP contribution in [0.4, 0.5) is 8.28 Å². The van der Waals surface area contributed by atoms with Gasteiger partial charge in [0.05, 0.1) is 10.4 Å². The predicted octanol–water partition coefficient (Wildman–Crippen LogP) is 2.01. The zero-order chi connectivity index (χ0) is 11.2. The molecule has 8 heteroatoms. The number of nitrogens with one attached hydrogen (secondary N) is 1. The van der Waals surface area contributed by atoms with E-state index in [0.29, 0.717) is 0 Å². The summed E-state index contributed by atoms with van der Waals surface area (Å²) in [4.78, 5) is 0. The molecule has 2 rings (SSSR count). The lowest BCUT2D eigenvalue weighted by Gasteiger charge is -1.95. The Labute approximate surface area is 88.1 Å². The molecule has 0 aliphatic carbocycles. The quantitative estimate of drug-likeness (QED) is 0.790.